The minimum absolute atomic E-state index is 0.143. The second-order valence-electron chi connectivity index (χ2n) is 4.31. The van der Waals surface area contributed by atoms with Gasteiger partial charge in [-0.05, 0) is 43.5 Å². The molecule has 1 aromatic heterocycles. The molecule has 1 N–H and O–H groups in total. The van der Waals surface area contributed by atoms with Crippen molar-refractivity contribution in [1.82, 2.24) is 9.97 Å². The summed E-state index contributed by atoms with van der Waals surface area (Å²) < 4.78 is 5.73. The van der Waals surface area contributed by atoms with Crippen molar-refractivity contribution in [3.05, 3.63) is 46.9 Å². The summed E-state index contributed by atoms with van der Waals surface area (Å²) in [4.78, 5) is 8.13. The van der Waals surface area contributed by atoms with Crippen molar-refractivity contribution in [2.75, 3.05) is 0 Å². The minimum Gasteiger partial charge on any atom is -0.437 e. The predicted molar refractivity (Wildman–Crippen MR) is 68.7 cm³/mol. The molecule has 0 amide bonds. The summed E-state index contributed by atoms with van der Waals surface area (Å²) in [7, 11) is 0. The van der Waals surface area contributed by atoms with Crippen molar-refractivity contribution in [2.45, 2.75) is 27.4 Å². The van der Waals surface area contributed by atoms with Crippen LogP contribution in [-0.4, -0.2) is 15.1 Å². The van der Waals surface area contributed by atoms with Crippen LogP contribution in [0.1, 0.15) is 22.4 Å². The molecule has 4 nitrogen and oxygen atoms in total. The zero-order chi connectivity index (χ0) is 13.1. The van der Waals surface area contributed by atoms with Gasteiger partial charge in [-0.15, -0.1) is 0 Å². The molecule has 0 radical (unpaired) electrons. The Bertz CT molecular complexity index is 568. The highest BCUT2D eigenvalue weighted by molar-refractivity contribution is 5.43. The molecule has 2 rings (SSSR count). The van der Waals surface area contributed by atoms with Gasteiger partial charge in [-0.3, -0.25) is 4.98 Å². The van der Waals surface area contributed by atoms with Gasteiger partial charge >= 0.3 is 0 Å². The van der Waals surface area contributed by atoms with Crippen molar-refractivity contribution in [2.24, 2.45) is 0 Å². The van der Waals surface area contributed by atoms with Gasteiger partial charge < -0.3 is 9.84 Å². The molecular formula is C14H16N2O2. The third kappa shape index (κ3) is 2.65. The van der Waals surface area contributed by atoms with E-state index in [2.05, 4.69) is 16.0 Å². The smallest absolute Gasteiger partial charge is 0.238 e. The second-order valence-corrected chi connectivity index (χ2v) is 4.31. The van der Waals surface area contributed by atoms with Crippen molar-refractivity contribution in [3.63, 3.8) is 0 Å². The standard InChI is InChI=1S/C14H16N2O2/c1-9-4-10(2)11(3)13(5-9)18-14-7-15-6-12(8-17)16-14/h4-7,17H,8H2,1-3H3. The van der Waals surface area contributed by atoms with Gasteiger partial charge in [-0.2, -0.15) is 0 Å². The van der Waals surface area contributed by atoms with Crippen LogP contribution in [-0.2, 0) is 6.61 Å². The van der Waals surface area contributed by atoms with Gasteiger partial charge in [-0.25, -0.2) is 4.98 Å². The summed E-state index contributed by atoms with van der Waals surface area (Å²) in [5.41, 5.74) is 3.89. The molecule has 4 heteroatoms. The van der Waals surface area contributed by atoms with Crippen LogP contribution in [0.15, 0.2) is 24.5 Å². The number of hydrogen-bond acceptors (Lipinski definition) is 4. The first-order valence-corrected chi connectivity index (χ1v) is 5.77. The zero-order valence-corrected chi connectivity index (χ0v) is 10.8. The van der Waals surface area contributed by atoms with E-state index in [1.54, 1.807) is 0 Å². The van der Waals surface area contributed by atoms with E-state index in [1.807, 2.05) is 26.8 Å². The highest BCUT2D eigenvalue weighted by Crippen LogP contribution is 2.27. The highest BCUT2D eigenvalue weighted by atomic mass is 16.5. The van der Waals surface area contributed by atoms with Crippen LogP contribution in [0.2, 0.25) is 0 Å². The van der Waals surface area contributed by atoms with Crippen LogP contribution in [0.3, 0.4) is 0 Å². The van der Waals surface area contributed by atoms with E-state index in [0.717, 1.165) is 16.9 Å². The topological polar surface area (TPSA) is 55.2 Å². The molecule has 0 saturated carbocycles. The number of nitrogens with zero attached hydrogens (tertiary/aromatic N) is 2. The fraction of sp³-hybridized carbons (Fsp3) is 0.286. The van der Waals surface area contributed by atoms with Gasteiger partial charge in [0.15, 0.2) is 0 Å². The van der Waals surface area contributed by atoms with Crippen molar-refractivity contribution >= 4 is 0 Å². The first-order chi connectivity index (χ1) is 8.60. The molecule has 1 heterocycles. The normalized spacial score (nSPS) is 10.4. The van der Waals surface area contributed by atoms with Crippen LogP contribution >= 0.6 is 0 Å². The van der Waals surface area contributed by atoms with Crippen LogP contribution in [0, 0.1) is 20.8 Å². The number of rotatable bonds is 3. The first-order valence-electron chi connectivity index (χ1n) is 5.77. The Morgan fingerprint density at radius 3 is 2.67 bits per heavy atom. The lowest BCUT2D eigenvalue weighted by molar-refractivity contribution is 0.274. The minimum atomic E-state index is -0.143. The Balaban J connectivity index is 2.33. The zero-order valence-electron chi connectivity index (χ0n) is 10.8. The van der Waals surface area contributed by atoms with E-state index in [9.17, 15) is 0 Å². The molecule has 0 aliphatic heterocycles. The van der Waals surface area contributed by atoms with Crippen molar-refractivity contribution in [3.8, 4) is 11.6 Å². The lowest BCUT2D eigenvalue weighted by atomic mass is 10.1. The van der Waals surface area contributed by atoms with Crippen molar-refractivity contribution < 1.29 is 9.84 Å². The Morgan fingerprint density at radius 2 is 1.94 bits per heavy atom. The molecule has 0 spiro atoms. The van der Waals surface area contributed by atoms with Gasteiger partial charge in [0.2, 0.25) is 5.88 Å². The third-order valence-corrected chi connectivity index (χ3v) is 2.80. The van der Waals surface area contributed by atoms with Crippen LogP contribution in [0.4, 0.5) is 0 Å². The van der Waals surface area contributed by atoms with E-state index in [1.165, 1.54) is 18.0 Å². The van der Waals surface area contributed by atoms with Gasteiger partial charge in [0, 0.05) is 0 Å². The summed E-state index contributed by atoms with van der Waals surface area (Å²) >= 11 is 0. The number of aryl methyl sites for hydroxylation is 2. The van der Waals surface area contributed by atoms with E-state index in [0.29, 0.717) is 11.6 Å². The third-order valence-electron chi connectivity index (χ3n) is 2.80. The lowest BCUT2D eigenvalue weighted by Crippen LogP contribution is -1.97. The summed E-state index contributed by atoms with van der Waals surface area (Å²) in [6, 6.07) is 4.08. The molecule has 0 bridgehead atoms. The maximum Gasteiger partial charge on any atom is 0.238 e. The summed E-state index contributed by atoms with van der Waals surface area (Å²) in [6.07, 6.45) is 3.05. The fourth-order valence-corrected chi connectivity index (χ4v) is 1.73. The first kappa shape index (κ1) is 12.5. The molecule has 94 valence electrons. The van der Waals surface area contributed by atoms with E-state index in [-0.39, 0.29) is 6.61 Å². The van der Waals surface area contributed by atoms with Crippen LogP contribution in [0.25, 0.3) is 0 Å². The predicted octanol–water partition coefficient (Wildman–Crippen LogP) is 2.69. The average molecular weight is 244 g/mol. The fourth-order valence-electron chi connectivity index (χ4n) is 1.73. The molecule has 0 unspecified atom stereocenters. The summed E-state index contributed by atoms with van der Waals surface area (Å²) in [5, 5.41) is 9.01. The molecule has 0 atom stereocenters. The Kier molecular flexibility index (Phi) is 3.58. The number of aliphatic hydroxyl groups excluding tert-OH is 1. The average Bonchev–Trinajstić information content (AvgIpc) is 2.35. The molecule has 0 aliphatic rings. The van der Waals surface area contributed by atoms with Gasteiger partial charge in [0.1, 0.15) is 5.75 Å². The maximum absolute atomic E-state index is 9.01. The molecule has 0 fully saturated rings. The maximum atomic E-state index is 9.01. The highest BCUT2D eigenvalue weighted by Gasteiger charge is 2.07. The number of aromatic nitrogens is 2. The molecular weight excluding hydrogens is 228 g/mol. The number of ether oxygens (including phenoxy) is 1. The molecule has 18 heavy (non-hydrogen) atoms. The Morgan fingerprint density at radius 1 is 1.17 bits per heavy atom. The monoisotopic (exact) mass is 244 g/mol. The summed E-state index contributed by atoms with van der Waals surface area (Å²) in [6.45, 7) is 5.93. The quantitative estimate of drug-likeness (QED) is 0.901. The van der Waals surface area contributed by atoms with Gasteiger partial charge in [-0.1, -0.05) is 6.07 Å². The second kappa shape index (κ2) is 5.14. The largest absolute Gasteiger partial charge is 0.437 e. The lowest BCUT2D eigenvalue weighted by Gasteiger charge is -2.11. The number of hydrogen-bond donors (Lipinski definition) is 1. The molecule has 1 aromatic carbocycles. The summed E-state index contributed by atoms with van der Waals surface area (Å²) in [5.74, 6) is 1.17. The number of aliphatic hydroxyl groups is 1. The van der Waals surface area contributed by atoms with Gasteiger partial charge in [0.05, 0.1) is 24.7 Å². The van der Waals surface area contributed by atoms with E-state index < -0.39 is 0 Å². The Labute approximate surface area is 106 Å². The van der Waals surface area contributed by atoms with Crippen LogP contribution in [0.5, 0.6) is 11.6 Å². The van der Waals surface area contributed by atoms with Crippen molar-refractivity contribution in [1.29, 1.82) is 0 Å². The van der Waals surface area contributed by atoms with E-state index >= 15 is 0 Å². The molecule has 2 aromatic rings. The molecule has 0 saturated heterocycles. The van der Waals surface area contributed by atoms with Gasteiger partial charge in [0.25, 0.3) is 0 Å². The molecule has 0 aliphatic carbocycles. The number of benzene rings is 1. The Hall–Kier alpha value is -1.94. The van der Waals surface area contributed by atoms with Crippen LogP contribution < -0.4 is 4.74 Å². The van der Waals surface area contributed by atoms with E-state index in [4.69, 9.17) is 9.84 Å². The SMILES string of the molecule is Cc1cc(C)c(C)c(Oc2cncc(CO)n2)c1.